The Morgan fingerprint density at radius 3 is 0.900 bits per heavy atom. The first-order chi connectivity index (χ1) is 39.5. The van der Waals surface area contributed by atoms with Gasteiger partial charge in [0.15, 0.2) is 0 Å². The summed E-state index contributed by atoms with van der Waals surface area (Å²) in [5.41, 5.74) is 0. The number of aliphatic hydroxyl groups excluding tert-OH is 2. The lowest BCUT2D eigenvalue weighted by atomic mass is 10.0. The van der Waals surface area contributed by atoms with E-state index in [0.29, 0.717) is 25.9 Å². The largest absolute Gasteiger partial charge is 0.466 e. The summed E-state index contributed by atoms with van der Waals surface area (Å²) in [6, 6.07) is -0.545. The molecule has 6 nitrogen and oxygen atoms in total. The van der Waals surface area contributed by atoms with Gasteiger partial charge in [0.05, 0.1) is 25.4 Å². The fraction of sp³-hybridized carbons (Fsp3) is 0.919. The molecule has 3 N–H and O–H groups in total. The van der Waals surface area contributed by atoms with E-state index in [9.17, 15) is 19.8 Å². The highest BCUT2D eigenvalue weighted by Gasteiger charge is 2.20. The average Bonchev–Trinajstić information content (AvgIpc) is 3.46. The van der Waals surface area contributed by atoms with Gasteiger partial charge in [0.2, 0.25) is 5.91 Å². The highest BCUT2D eigenvalue weighted by Crippen LogP contribution is 2.19. The molecular formula is C74H143NO5. The molecule has 0 aliphatic heterocycles. The van der Waals surface area contributed by atoms with E-state index >= 15 is 0 Å². The number of amides is 1. The zero-order valence-corrected chi connectivity index (χ0v) is 54.3. The molecule has 2 unspecified atom stereocenters. The number of hydrogen-bond donors (Lipinski definition) is 3. The third-order valence-electron chi connectivity index (χ3n) is 17.2. The quantitative estimate of drug-likeness (QED) is 0.0320. The molecule has 0 fully saturated rings. The van der Waals surface area contributed by atoms with Crippen LogP contribution in [0.25, 0.3) is 0 Å². The summed E-state index contributed by atoms with van der Waals surface area (Å²) in [6.07, 6.45) is 88.1. The summed E-state index contributed by atoms with van der Waals surface area (Å²) in [6.45, 7) is 4.97. The van der Waals surface area contributed by atoms with E-state index in [1.54, 1.807) is 0 Å². The fourth-order valence-electron chi connectivity index (χ4n) is 11.6. The Balaban J connectivity index is 3.40. The van der Waals surface area contributed by atoms with Crippen LogP contribution in [0.2, 0.25) is 0 Å². The topological polar surface area (TPSA) is 95.9 Å². The molecule has 0 heterocycles. The van der Waals surface area contributed by atoms with Crippen molar-refractivity contribution in [1.29, 1.82) is 0 Å². The number of hydrogen-bond acceptors (Lipinski definition) is 5. The van der Waals surface area contributed by atoms with Crippen LogP contribution in [0.5, 0.6) is 0 Å². The molecule has 80 heavy (non-hydrogen) atoms. The van der Waals surface area contributed by atoms with Crippen LogP contribution >= 0.6 is 0 Å². The lowest BCUT2D eigenvalue weighted by molar-refractivity contribution is -0.143. The van der Waals surface area contributed by atoms with E-state index < -0.39 is 12.1 Å². The van der Waals surface area contributed by atoms with Crippen molar-refractivity contribution in [2.24, 2.45) is 0 Å². The molecule has 0 rings (SSSR count). The van der Waals surface area contributed by atoms with Crippen LogP contribution in [0.15, 0.2) is 24.3 Å². The van der Waals surface area contributed by atoms with Crippen LogP contribution in [-0.2, 0) is 14.3 Å². The van der Waals surface area contributed by atoms with Crippen molar-refractivity contribution >= 4 is 11.9 Å². The van der Waals surface area contributed by atoms with Gasteiger partial charge in [-0.2, -0.15) is 0 Å². The first-order valence-corrected chi connectivity index (χ1v) is 36.6. The third-order valence-corrected chi connectivity index (χ3v) is 17.2. The second-order valence-corrected chi connectivity index (χ2v) is 25.3. The first-order valence-electron chi connectivity index (χ1n) is 36.6. The molecule has 1 amide bonds. The van der Waals surface area contributed by atoms with Gasteiger partial charge in [0, 0.05) is 12.8 Å². The molecule has 0 aliphatic carbocycles. The van der Waals surface area contributed by atoms with Crippen LogP contribution in [0, 0.1) is 0 Å². The second kappa shape index (κ2) is 69.8. The standard InChI is InChI=1S/C74H143NO5/c1-3-5-7-9-11-13-15-17-18-19-20-21-22-24-27-30-33-36-39-43-46-50-54-58-62-66-72(77)71(70-76)75-73(78)67-63-59-55-51-47-44-40-37-34-31-28-25-23-26-29-32-35-38-41-45-49-53-57-61-65-69-80-74(79)68-64-60-56-52-48-42-16-14-12-10-8-6-4-2/h14,16,25,28,71-72,76-77H,3-13,15,17-24,26-27,29-70H2,1-2H3,(H,75,78)/b16-14-,28-25-. The normalized spacial score (nSPS) is 12.6. The second-order valence-electron chi connectivity index (χ2n) is 25.3. The number of aliphatic hydroxyl groups is 2. The van der Waals surface area contributed by atoms with Crippen LogP contribution in [0.1, 0.15) is 412 Å². The molecule has 474 valence electrons. The summed E-state index contributed by atoms with van der Waals surface area (Å²) in [5, 5.41) is 23.5. The minimum absolute atomic E-state index is 0.00512. The maximum Gasteiger partial charge on any atom is 0.305 e. The van der Waals surface area contributed by atoms with Gasteiger partial charge in [-0.05, 0) is 77.0 Å². The molecule has 6 heteroatoms. The van der Waals surface area contributed by atoms with E-state index in [2.05, 4.69) is 43.5 Å². The van der Waals surface area contributed by atoms with Gasteiger partial charge in [-0.1, -0.05) is 346 Å². The van der Waals surface area contributed by atoms with Gasteiger partial charge in [-0.15, -0.1) is 0 Å². The van der Waals surface area contributed by atoms with Gasteiger partial charge in [-0.25, -0.2) is 0 Å². The Bertz CT molecular complexity index is 1250. The van der Waals surface area contributed by atoms with Crippen molar-refractivity contribution in [2.75, 3.05) is 13.2 Å². The van der Waals surface area contributed by atoms with E-state index in [1.807, 2.05) is 0 Å². The van der Waals surface area contributed by atoms with E-state index in [0.717, 1.165) is 44.9 Å². The molecule has 2 atom stereocenters. The number of ether oxygens (including phenoxy) is 1. The molecule has 0 bridgehead atoms. The summed E-state index contributed by atoms with van der Waals surface area (Å²) in [4.78, 5) is 24.6. The first kappa shape index (κ1) is 78.3. The van der Waals surface area contributed by atoms with Gasteiger partial charge in [0.1, 0.15) is 0 Å². The van der Waals surface area contributed by atoms with Crippen LogP contribution in [0.4, 0.5) is 0 Å². The zero-order chi connectivity index (χ0) is 57.8. The van der Waals surface area contributed by atoms with Crippen LogP contribution in [0.3, 0.4) is 0 Å². The number of unbranched alkanes of at least 4 members (excludes halogenated alkanes) is 54. The predicted octanol–water partition coefficient (Wildman–Crippen LogP) is 23.7. The smallest absolute Gasteiger partial charge is 0.305 e. The predicted molar refractivity (Wildman–Crippen MR) is 352 cm³/mol. The maximum absolute atomic E-state index is 12.6. The summed E-state index contributed by atoms with van der Waals surface area (Å²) in [5.74, 6) is -0.0279. The van der Waals surface area contributed by atoms with Crippen molar-refractivity contribution in [3.05, 3.63) is 24.3 Å². The van der Waals surface area contributed by atoms with Crippen LogP contribution in [-0.4, -0.2) is 47.4 Å². The zero-order valence-electron chi connectivity index (χ0n) is 54.3. The number of carbonyl (C=O) groups excluding carboxylic acids is 2. The molecular weight excluding hydrogens is 983 g/mol. The molecule has 0 aliphatic rings. The molecule has 0 saturated carbocycles. The molecule has 0 saturated heterocycles. The Kier molecular flexibility index (Phi) is 68.4. The molecule has 0 radical (unpaired) electrons. The highest BCUT2D eigenvalue weighted by molar-refractivity contribution is 5.76. The minimum atomic E-state index is -0.668. The monoisotopic (exact) mass is 1130 g/mol. The summed E-state index contributed by atoms with van der Waals surface area (Å²) in [7, 11) is 0. The van der Waals surface area contributed by atoms with Crippen LogP contribution < -0.4 is 5.32 Å². The minimum Gasteiger partial charge on any atom is -0.466 e. The fourth-order valence-corrected chi connectivity index (χ4v) is 11.6. The highest BCUT2D eigenvalue weighted by atomic mass is 16.5. The molecule has 0 aromatic carbocycles. The van der Waals surface area contributed by atoms with Crippen molar-refractivity contribution in [1.82, 2.24) is 5.32 Å². The average molecular weight is 1130 g/mol. The number of nitrogens with one attached hydrogen (secondary N) is 1. The van der Waals surface area contributed by atoms with Gasteiger partial charge < -0.3 is 20.3 Å². The lowest BCUT2D eigenvalue weighted by Gasteiger charge is -2.22. The maximum atomic E-state index is 12.6. The van der Waals surface area contributed by atoms with Crippen molar-refractivity contribution in [3.63, 3.8) is 0 Å². The Morgan fingerprint density at radius 2 is 0.588 bits per heavy atom. The van der Waals surface area contributed by atoms with E-state index in [4.69, 9.17) is 4.74 Å². The van der Waals surface area contributed by atoms with Crippen molar-refractivity contribution in [3.8, 4) is 0 Å². The van der Waals surface area contributed by atoms with Gasteiger partial charge in [0.25, 0.3) is 0 Å². The Labute approximate surface area is 501 Å². The van der Waals surface area contributed by atoms with Gasteiger partial charge >= 0.3 is 5.97 Å². The number of rotatable bonds is 69. The Hall–Kier alpha value is -1.66. The molecule has 0 aromatic rings. The molecule has 0 aromatic heterocycles. The lowest BCUT2D eigenvalue weighted by Crippen LogP contribution is -2.45. The SMILES string of the molecule is CCCCCC/C=C\CCCCCCCC(=O)OCCCCCCCCCCCCCC/C=C\CCCCCCCCCCCC(=O)NC(CO)C(O)CCCCCCCCCCCCCCCCCCCCCCCCCCC. The number of allylic oxidation sites excluding steroid dienone is 4. The van der Waals surface area contributed by atoms with E-state index in [-0.39, 0.29) is 18.5 Å². The number of esters is 1. The third kappa shape index (κ3) is 65.5. The van der Waals surface area contributed by atoms with Gasteiger partial charge in [-0.3, -0.25) is 9.59 Å². The Morgan fingerprint density at radius 1 is 0.338 bits per heavy atom. The van der Waals surface area contributed by atoms with Crippen molar-refractivity contribution in [2.45, 2.75) is 424 Å². The number of carbonyl (C=O) groups is 2. The summed E-state index contributed by atoms with van der Waals surface area (Å²) < 4.78 is 5.48. The summed E-state index contributed by atoms with van der Waals surface area (Å²) >= 11 is 0. The van der Waals surface area contributed by atoms with E-state index in [1.165, 1.54) is 334 Å². The van der Waals surface area contributed by atoms with Crippen molar-refractivity contribution < 1.29 is 24.5 Å². The molecule has 0 spiro atoms.